The van der Waals surface area contributed by atoms with Crippen molar-refractivity contribution in [3.63, 3.8) is 0 Å². The third-order valence-electron chi connectivity index (χ3n) is 6.17. The van der Waals surface area contributed by atoms with Crippen LogP contribution in [-0.4, -0.2) is 37.8 Å². The molecule has 0 atom stereocenters. The fourth-order valence-corrected chi connectivity index (χ4v) is 5.78. The van der Waals surface area contributed by atoms with Crippen molar-refractivity contribution in [2.24, 2.45) is 5.92 Å². The van der Waals surface area contributed by atoms with Crippen LogP contribution in [0.1, 0.15) is 74.2 Å². The van der Waals surface area contributed by atoms with Gasteiger partial charge >= 0.3 is 0 Å². The molecule has 1 heterocycles. The van der Waals surface area contributed by atoms with Crippen LogP contribution >= 0.6 is 0 Å². The standard InChI is InChI=1S/C21H32N2O3S/c1-3-17-8-10-18(11-9-17)22-21(24)20-15-19(12-7-16(20)2)27(25,26)23-13-5-4-6-14-23/h7,12,15,17-18H,3-6,8-11,13-14H2,1-2H3,(H,22,24). The van der Waals surface area contributed by atoms with Crippen LogP contribution < -0.4 is 5.32 Å². The van der Waals surface area contributed by atoms with E-state index in [1.807, 2.05) is 6.92 Å². The van der Waals surface area contributed by atoms with E-state index in [-0.39, 0.29) is 16.8 Å². The minimum absolute atomic E-state index is 0.150. The van der Waals surface area contributed by atoms with E-state index in [9.17, 15) is 13.2 Å². The van der Waals surface area contributed by atoms with E-state index in [2.05, 4.69) is 12.2 Å². The third-order valence-corrected chi connectivity index (χ3v) is 8.06. The molecule has 1 N–H and O–H groups in total. The summed E-state index contributed by atoms with van der Waals surface area (Å²) in [4.78, 5) is 13.1. The Labute approximate surface area is 163 Å². The molecule has 1 amide bonds. The SMILES string of the molecule is CCC1CCC(NC(=O)c2cc(S(=O)(=O)N3CCCCC3)ccc2C)CC1. The number of carbonyl (C=O) groups excluding carboxylic acids is 1. The molecule has 150 valence electrons. The Morgan fingerprint density at radius 3 is 2.41 bits per heavy atom. The van der Waals surface area contributed by atoms with Gasteiger partial charge in [0.1, 0.15) is 0 Å². The van der Waals surface area contributed by atoms with Gasteiger partial charge in [-0.3, -0.25) is 4.79 Å². The number of hydrogen-bond donors (Lipinski definition) is 1. The second-order valence-electron chi connectivity index (χ2n) is 8.04. The average molecular weight is 393 g/mol. The van der Waals surface area contributed by atoms with Gasteiger partial charge in [0.15, 0.2) is 0 Å². The van der Waals surface area contributed by atoms with Gasteiger partial charge in [-0.15, -0.1) is 0 Å². The number of nitrogens with one attached hydrogen (secondary N) is 1. The van der Waals surface area contributed by atoms with Crippen LogP contribution in [0.2, 0.25) is 0 Å². The van der Waals surface area contributed by atoms with Gasteiger partial charge in [0, 0.05) is 24.7 Å². The van der Waals surface area contributed by atoms with E-state index >= 15 is 0 Å². The topological polar surface area (TPSA) is 66.5 Å². The molecule has 0 radical (unpaired) electrons. The van der Waals surface area contributed by atoms with Gasteiger partial charge < -0.3 is 5.32 Å². The molecule has 2 aliphatic rings. The molecule has 0 aromatic heterocycles. The Kier molecular flexibility index (Phi) is 6.58. The fraction of sp³-hybridized carbons (Fsp3) is 0.667. The fourth-order valence-electron chi connectivity index (χ4n) is 4.24. The highest BCUT2D eigenvalue weighted by Gasteiger charge is 2.28. The smallest absolute Gasteiger partial charge is 0.251 e. The lowest BCUT2D eigenvalue weighted by molar-refractivity contribution is 0.0921. The maximum atomic E-state index is 12.9. The van der Waals surface area contributed by atoms with E-state index in [1.165, 1.54) is 6.42 Å². The molecular formula is C21H32N2O3S. The Hall–Kier alpha value is -1.40. The quantitative estimate of drug-likeness (QED) is 0.827. The summed E-state index contributed by atoms with van der Waals surface area (Å²) in [6.07, 6.45) is 8.42. The van der Waals surface area contributed by atoms with Crippen LogP contribution in [-0.2, 0) is 10.0 Å². The molecule has 1 aromatic rings. The predicted molar refractivity (Wildman–Crippen MR) is 107 cm³/mol. The van der Waals surface area contributed by atoms with Gasteiger partial charge in [0.25, 0.3) is 5.91 Å². The maximum Gasteiger partial charge on any atom is 0.251 e. The van der Waals surface area contributed by atoms with Crippen molar-refractivity contribution in [1.82, 2.24) is 9.62 Å². The summed E-state index contributed by atoms with van der Waals surface area (Å²) in [7, 11) is -3.53. The van der Waals surface area contributed by atoms with E-state index in [4.69, 9.17) is 0 Å². The zero-order chi connectivity index (χ0) is 19.4. The number of carbonyl (C=O) groups is 1. The third kappa shape index (κ3) is 4.72. The van der Waals surface area contributed by atoms with Crippen molar-refractivity contribution < 1.29 is 13.2 Å². The molecule has 3 rings (SSSR count). The summed E-state index contributed by atoms with van der Waals surface area (Å²) in [5.41, 5.74) is 1.29. The summed E-state index contributed by atoms with van der Waals surface area (Å²) < 4.78 is 27.4. The van der Waals surface area contributed by atoms with Crippen LogP contribution in [0.4, 0.5) is 0 Å². The van der Waals surface area contributed by atoms with Crippen molar-refractivity contribution in [1.29, 1.82) is 0 Å². The Bertz CT molecular complexity index is 762. The largest absolute Gasteiger partial charge is 0.349 e. The summed E-state index contributed by atoms with van der Waals surface area (Å²) in [5.74, 6) is 0.626. The number of nitrogens with zero attached hydrogens (tertiary/aromatic N) is 1. The van der Waals surface area contributed by atoms with Crippen molar-refractivity contribution in [2.45, 2.75) is 76.2 Å². The van der Waals surface area contributed by atoms with E-state index in [0.717, 1.165) is 56.4 Å². The summed E-state index contributed by atoms with van der Waals surface area (Å²) in [6.45, 7) is 5.22. The second-order valence-corrected chi connectivity index (χ2v) is 9.98. The number of hydrogen-bond acceptors (Lipinski definition) is 3. The summed E-state index contributed by atoms with van der Waals surface area (Å²) >= 11 is 0. The maximum absolute atomic E-state index is 12.9. The van der Waals surface area contributed by atoms with Crippen molar-refractivity contribution in [3.05, 3.63) is 29.3 Å². The number of aryl methyl sites for hydroxylation is 1. The molecule has 5 nitrogen and oxygen atoms in total. The summed E-state index contributed by atoms with van der Waals surface area (Å²) in [6, 6.07) is 5.14. The monoisotopic (exact) mass is 392 g/mol. The molecule has 1 saturated carbocycles. The number of sulfonamides is 1. The number of benzene rings is 1. The minimum Gasteiger partial charge on any atom is -0.349 e. The van der Waals surface area contributed by atoms with Crippen LogP contribution in [0.25, 0.3) is 0 Å². The van der Waals surface area contributed by atoms with Crippen molar-refractivity contribution in [3.8, 4) is 0 Å². The minimum atomic E-state index is -3.53. The molecule has 1 aromatic carbocycles. The molecular weight excluding hydrogens is 360 g/mol. The second kappa shape index (κ2) is 8.74. The van der Waals surface area contributed by atoms with E-state index in [0.29, 0.717) is 18.7 Å². The normalized spacial score (nSPS) is 24.5. The molecule has 0 unspecified atom stereocenters. The van der Waals surface area contributed by atoms with Gasteiger partial charge in [-0.25, -0.2) is 8.42 Å². The average Bonchev–Trinajstić information content (AvgIpc) is 2.69. The lowest BCUT2D eigenvalue weighted by Crippen LogP contribution is -2.38. The highest BCUT2D eigenvalue weighted by atomic mass is 32.2. The van der Waals surface area contributed by atoms with Crippen molar-refractivity contribution in [2.75, 3.05) is 13.1 Å². The van der Waals surface area contributed by atoms with Gasteiger partial charge in [-0.05, 0) is 69.1 Å². The Morgan fingerprint density at radius 1 is 1.11 bits per heavy atom. The lowest BCUT2D eigenvalue weighted by Gasteiger charge is -2.29. The molecule has 1 aliphatic heterocycles. The molecule has 27 heavy (non-hydrogen) atoms. The highest BCUT2D eigenvalue weighted by Crippen LogP contribution is 2.27. The molecule has 2 fully saturated rings. The highest BCUT2D eigenvalue weighted by molar-refractivity contribution is 7.89. The lowest BCUT2D eigenvalue weighted by atomic mass is 9.84. The van der Waals surface area contributed by atoms with E-state index < -0.39 is 10.0 Å². The first kappa shape index (κ1) is 20.3. The van der Waals surface area contributed by atoms with Crippen molar-refractivity contribution >= 4 is 15.9 Å². The summed E-state index contributed by atoms with van der Waals surface area (Å²) in [5, 5.41) is 3.13. The number of piperidine rings is 1. The van der Waals surface area contributed by atoms with Crippen LogP contribution in [0.5, 0.6) is 0 Å². The van der Waals surface area contributed by atoms with Crippen LogP contribution in [0, 0.1) is 12.8 Å². The first-order valence-corrected chi connectivity index (χ1v) is 11.8. The van der Waals surface area contributed by atoms with Crippen LogP contribution in [0.15, 0.2) is 23.1 Å². The number of amides is 1. The van der Waals surface area contributed by atoms with E-state index in [1.54, 1.807) is 22.5 Å². The van der Waals surface area contributed by atoms with Crippen LogP contribution in [0.3, 0.4) is 0 Å². The van der Waals surface area contributed by atoms with Gasteiger partial charge in [0.2, 0.25) is 10.0 Å². The zero-order valence-electron chi connectivity index (χ0n) is 16.5. The Morgan fingerprint density at radius 2 is 1.78 bits per heavy atom. The van der Waals surface area contributed by atoms with Gasteiger partial charge in [0.05, 0.1) is 4.90 Å². The first-order chi connectivity index (χ1) is 12.9. The number of rotatable bonds is 5. The molecule has 1 saturated heterocycles. The Balaban J connectivity index is 1.74. The molecule has 1 aliphatic carbocycles. The molecule has 0 bridgehead atoms. The van der Waals surface area contributed by atoms with Gasteiger partial charge in [-0.1, -0.05) is 25.8 Å². The molecule has 0 spiro atoms. The molecule has 6 heteroatoms. The van der Waals surface area contributed by atoms with Gasteiger partial charge in [-0.2, -0.15) is 4.31 Å². The zero-order valence-corrected chi connectivity index (χ0v) is 17.4. The first-order valence-electron chi connectivity index (χ1n) is 10.3. The predicted octanol–water partition coefficient (Wildman–Crippen LogP) is 3.87.